The molecule has 4 N–H and O–H groups in total. The zero-order chi connectivity index (χ0) is 29.0. The van der Waals surface area contributed by atoms with Gasteiger partial charge in [-0.2, -0.15) is 0 Å². The standard InChI is InChI=1S/C32H33FN4O3/c1-6-8-21(7-2)15-29(38)37-30-18(3)28(34-20(30)5)17-26-25-16-23(11-14-27(25)36-32(26)40)31(39)35-19(4)22-9-12-24(33)13-10-22/h6-14,16,19,26,34H,1-2,15,17H2,3-5H3,(H,35,39)(H,36,40)(H,37,38)/b21-8+. The van der Waals surface area contributed by atoms with Crippen LogP contribution in [0, 0.1) is 19.7 Å². The fraction of sp³-hybridized carbons (Fsp3) is 0.219. The number of halogens is 1. The van der Waals surface area contributed by atoms with Crippen LogP contribution in [-0.4, -0.2) is 22.7 Å². The number of nitrogens with one attached hydrogen (secondary N) is 4. The van der Waals surface area contributed by atoms with Crippen molar-refractivity contribution in [3.63, 3.8) is 0 Å². The number of rotatable bonds is 10. The Kier molecular flexibility index (Phi) is 8.48. The third-order valence-corrected chi connectivity index (χ3v) is 7.15. The van der Waals surface area contributed by atoms with Crippen LogP contribution in [0.25, 0.3) is 0 Å². The van der Waals surface area contributed by atoms with Gasteiger partial charge >= 0.3 is 0 Å². The zero-order valence-electron chi connectivity index (χ0n) is 22.9. The summed E-state index contributed by atoms with van der Waals surface area (Å²) in [6, 6.07) is 10.8. The Morgan fingerprint density at radius 1 is 1.12 bits per heavy atom. The summed E-state index contributed by atoms with van der Waals surface area (Å²) in [7, 11) is 0. The van der Waals surface area contributed by atoms with Gasteiger partial charge in [-0.25, -0.2) is 4.39 Å². The van der Waals surface area contributed by atoms with Gasteiger partial charge in [-0.1, -0.05) is 43.5 Å². The van der Waals surface area contributed by atoms with E-state index in [-0.39, 0.29) is 36.0 Å². The van der Waals surface area contributed by atoms with E-state index in [1.165, 1.54) is 12.1 Å². The molecule has 40 heavy (non-hydrogen) atoms. The second-order valence-corrected chi connectivity index (χ2v) is 9.93. The summed E-state index contributed by atoms with van der Waals surface area (Å²) in [6.45, 7) is 13.0. The molecule has 0 saturated carbocycles. The van der Waals surface area contributed by atoms with Crippen molar-refractivity contribution in [2.75, 3.05) is 10.6 Å². The number of carbonyl (C=O) groups excluding carboxylic acids is 3. The highest BCUT2D eigenvalue weighted by Crippen LogP contribution is 2.37. The Labute approximate surface area is 233 Å². The molecular weight excluding hydrogens is 507 g/mol. The number of anilines is 2. The van der Waals surface area contributed by atoms with Gasteiger partial charge in [0.2, 0.25) is 11.8 Å². The maximum Gasteiger partial charge on any atom is 0.251 e. The third kappa shape index (κ3) is 6.12. The Balaban J connectivity index is 1.51. The first-order chi connectivity index (χ1) is 19.1. The van der Waals surface area contributed by atoms with E-state index in [4.69, 9.17) is 0 Å². The van der Waals surface area contributed by atoms with E-state index in [2.05, 4.69) is 34.1 Å². The topological polar surface area (TPSA) is 103 Å². The average Bonchev–Trinajstić information content (AvgIpc) is 3.38. The van der Waals surface area contributed by atoms with Crippen molar-refractivity contribution in [3.8, 4) is 0 Å². The van der Waals surface area contributed by atoms with Gasteiger partial charge in [0.25, 0.3) is 5.91 Å². The summed E-state index contributed by atoms with van der Waals surface area (Å²) in [6.07, 6.45) is 5.51. The van der Waals surface area contributed by atoms with Crippen LogP contribution in [0.3, 0.4) is 0 Å². The van der Waals surface area contributed by atoms with Gasteiger partial charge in [-0.05, 0) is 73.4 Å². The Bertz CT molecular complexity index is 1520. The third-order valence-electron chi connectivity index (χ3n) is 7.15. The second-order valence-electron chi connectivity index (χ2n) is 9.93. The summed E-state index contributed by atoms with van der Waals surface area (Å²) in [4.78, 5) is 42.0. The van der Waals surface area contributed by atoms with Crippen molar-refractivity contribution in [2.24, 2.45) is 0 Å². The SMILES string of the molecule is C=C/C=C(\C=C)CC(=O)Nc1c(C)[nH]c(CC2C(=O)Nc3ccc(C(=O)NC(C)c4ccc(F)cc4)cc32)c1C. The molecule has 0 fully saturated rings. The van der Waals surface area contributed by atoms with Gasteiger partial charge in [0.05, 0.1) is 24.1 Å². The van der Waals surface area contributed by atoms with Gasteiger partial charge in [0, 0.05) is 29.1 Å². The predicted octanol–water partition coefficient (Wildman–Crippen LogP) is 6.17. The highest BCUT2D eigenvalue weighted by Gasteiger charge is 2.33. The van der Waals surface area contributed by atoms with Crippen molar-refractivity contribution in [1.29, 1.82) is 0 Å². The number of allylic oxidation sites excluding steroid dienone is 3. The minimum absolute atomic E-state index is 0.158. The summed E-state index contributed by atoms with van der Waals surface area (Å²) >= 11 is 0. The van der Waals surface area contributed by atoms with Crippen LogP contribution < -0.4 is 16.0 Å². The first-order valence-electron chi connectivity index (χ1n) is 13.0. The molecule has 1 aliphatic heterocycles. The molecule has 8 heteroatoms. The summed E-state index contributed by atoms with van der Waals surface area (Å²) in [5.41, 5.74) is 6.50. The normalized spacial score (nSPS) is 15.2. The molecule has 0 radical (unpaired) electrons. The molecule has 0 spiro atoms. The number of H-pyrrole nitrogens is 1. The fourth-order valence-corrected chi connectivity index (χ4v) is 4.91. The Morgan fingerprint density at radius 3 is 2.52 bits per heavy atom. The molecule has 2 heterocycles. The van der Waals surface area contributed by atoms with Crippen LogP contribution in [0.5, 0.6) is 0 Å². The number of aryl methyl sites for hydroxylation is 1. The summed E-state index contributed by atoms with van der Waals surface area (Å²) < 4.78 is 13.3. The number of fused-ring (bicyclic) bond motifs is 1. The number of carbonyl (C=O) groups is 3. The smallest absolute Gasteiger partial charge is 0.251 e. The second kappa shape index (κ2) is 12.0. The quantitative estimate of drug-likeness (QED) is 0.231. The average molecular weight is 541 g/mol. The van der Waals surface area contributed by atoms with Crippen LogP contribution in [-0.2, 0) is 16.0 Å². The van der Waals surface area contributed by atoms with E-state index in [0.29, 0.717) is 23.4 Å². The molecule has 7 nitrogen and oxygen atoms in total. The molecule has 1 aliphatic rings. The van der Waals surface area contributed by atoms with E-state index in [9.17, 15) is 18.8 Å². The van der Waals surface area contributed by atoms with Crippen LogP contribution >= 0.6 is 0 Å². The van der Waals surface area contributed by atoms with E-state index < -0.39 is 5.92 Å². The Hall–Kier alpha value is -4.72. The van der Waals surface area contributed by atoms with E-state index in [1.54, 1.807) is 48.6 Å². The number of benzene rings is 2. The van der Waals surface area contributed by atoms with Crippen molar-refractivity contribution in [1.82, 2.24) is 10.3 Å². The van der Waals surface area contributed by atoms with Crippen LogP contribution in [0.4, 0.5) is 15.8 Å². The molecule has 4 rings (SSSR count). The first kappa shape index (κ1) is 28.3. The van der Waals surface area contributed by atoms with Crippen LogP contribution in [0.15, 0.2) is 79.4 Å². The number of hydrogen-bond donors (Lipinski definition) is 4. The molecule has 0 saturated heterocycles. The minimum atomic E-state index is -0.513. The molecule has 1 aromatic heterocycles. The lowest BCUT2D eigenvalue weighted by atomic mass is 9.93. The monoisotopic (exact) mass is 540 g/mol. The molecule has 2 unspecified atom stereocenters. The van der Waals surface area contributed by atoms with Crippen LogP contribution in [0.1, 0.15) is 63.7 Å². The van der Waals surface area contributed by atoms with E-state index in [1.807, 2.05) is 20.8 Å². The lowest BCUT2D eigenvalue weighted by molar-refractivity contribution is -0.117. The number of aromatic amines is 1. The molecular formula is C32H33FN4O3. The molecule has 206 valence electrons. The predicted molar refractivity (Wildman–Crippen MR) is 156 cm³/mol. The number of aromatic nitrogens is 1. The summed E-state index contributed by atoms with van der Waals surface area (Å²) in [5.74, 6) is -1.48. The van der Waals surface area contributed by atoms with Gasteiger partial charge in [-0.3, -0.25) is 14.4 Å². The lowest BCUT2D eigenvalue weighted by Crippen LogP contribution is -2.26. The van der Waals surface area contributed by atoms with Gasteiger partial charge in [-0.15, -0.1) is 0 Å². The highest BCUT2D eigenvalue weighted by molar-refractivity contribution is 6.05. The van der Waals surface area contributed by atoms with Gasteiger partial charge in [0.1, 0.15) is 5.82 Å². The Morgan fingerprint density at radius 2 is 1.85 bits per heavy atom. The molecule has 0 aliphatic carbocycles. The largest absolute Gasteiger partial charge is 0.360 e. The van der Waals surface area contributed by atoms with Gasteiger partial charge in [0.15, 0.2) is 0 Å². The van der Waals surface area contributed by atoms with Crippen molar-refractivity contribution in [3.05, 3.63) is 119 Å². The molecule has 2 aromatic carbocycles. The maximum atomic E-state index is 13.3. The first-order valence-corrected chi connectivity index (χ1v) is 13.0. The van der Waals surface area contributed by atoms with E-state index >= 15 is 0 Å². The highest BCUT2D eigenvalue weighted by atomic mass is 19.1. The van der Waals surface area contributed by atoms with Crippen LogP contribution in [0.2, 0.25) is 0 Å². The summed E-state index contributed by atoms with van der Waals surface area (Å²) in [5, 5.41) is 8.81. The fourth-order valence-electron chi connectivity index (χ4n) is 4.91. The van der Waals surface area contributed by atoms with Gasteiger partial charge < -0.3 is 20.9 Å². The minimum Gasteiger partial charge on any atom is -0.360 e. The van der Waals surface area contributed by atoms with E-state index in [0.717, 1.165) is 33.7 Å². The molecule has 3 amide bonds. The zero-order valence-corrected chi connectivity index (χ0v) is 22.9. The van der Waals surface area contributed by atoms with Crippen molar-refractivity contribution in [2.45, 2.75) is 45.6 Å². The van der Waals surface area contributed by atoms with Crippen molar-refractivity contribution < 1.29 is 18.8 Å². The number of hydrogen-bond acceptors (Lipinski definition) is 3. The number of amides is 3. The molecule has 0 bridgehead atoms. The molecule has 2 atom stereocenters. The maximum absolute atomic E-state index is 13.3. The lowest BCUT2D eigenvalue weighted by Gasteiger charge is -2.15. The molecule has 3 aromatic rings. The van der Waals surface area contributed by atoms with Crippen molar-refractivity contribution >= 4 is 29.1 Å².